The average Bonchev–Trinajstić information content (AvgIpc) is 3.15. The van der Waals surface area contributed by atoms with Crippen LogP contribution >= 0.6 is 23.4 Å². The summed E-state index contributed by atoms with van der Waals surface area (Å²) < 4.78 is 0. The lowest BCUT2D eigenvalue weighted by Gasteiger charge is -2.32. The van der Waals surface area contributed by atoms with Gasteiger partial charge in [0.25, 0.3) is 5.91 Å². The molecular weight excluding hydrogens is 368 g/mol. The number of halogens is 1. The smallest absolute Gasteiger partial charge is 0.268 e. The molecule has 6 heteroatoms. The van der Waals surface area contributed by atoms with Crippen molar-refractivity contribution in [2.24, 2.45) is 0 Å². The quantitative estimate of drug-likeness (QED) is 0.784. The van der Waals surface area contributed by atoms with Gasteiger partial charge in [-0.1, -0.05) is 47.5 Å². The fourth-order valence-electron chi connectivity index (χ4n) is 3.82. The van der Waals surface area contributed by atoms with Crippen molar-refractivity contribution in [1.82, 2.24) is 4.90 Å². The maximum atomic E-state index is 13.6. The molecule has 1 spiro atoms. The summed E-state index contributed by atoms with van der Waals surface area (Å²) in [5.74, 6) is 0.615. The molecule has 4 rings (SSSR count). The van der Waals surface area contributed by atoms with Gasteiger partial charge in [-0.25, -0.2) is 0 Å². The topological polar surface area (TPSA) is 40.6 Å². The molecule has 4 nitrogen and oxygen atoms in total. The van der Waals surface area contributed by atoms with E-state index in [1.807, 2.05) is 49.4 Å². The number of amides is 2. The highest BCUT2D eigenvalue weighted by Gasteiger charge is 2.58. The molecule has 2 amide bonds. The lowest BCUT2D eigenvalue weighted by atomic mass is 10.0. The van der Waals surface area contributed by atoms with Gasteiger partial charge in [-0.05, 0) is 24.6 Å². The van der Waals surface area contributed by atoms with E-state index in [9.17, 15) is 9.59 Å². The Hall–Kier alpha value is -1.98. The van der Waals surface area contributed by atoms with E-state index >= 15 is 0 Å². The molecular formula is C20H19ClN2O2S. The summed E-state index contributed by atoms with van der Waals surface area (Å²) in [5, 5.41) is 0.636. The van der Waals surface area contributed by atoms with Gasteiger partial charge in [0.05, 0.1) is 12.2 Å². The van der Waals surface area contributed by atoms with E-state index in [-0.39, 0.29) is 11.8 Å². The van der Waals surface area contributed by atoms with E-state index < -0.39 is 4.87 Å². The van der Waals surface area contributed by atoms with E-state index in [0.29, 0.717) is 18.1 Å². The standard InChI is InChI=1S/C20H19ClN2O2S/c1-13-7-8-18-16(11-13)20(23(14(2)24)9-10-26-20)19(25)22(18)12-15-5-3-4-6-17(15)21/h3-8,11H,9-10,12H2,1-2H3/t20-/m1/s1. The van der Waals surface area contributed by atoms with E-state index in [1.165, 1.54) is 6.92 Å². The molecule has 2 aromatic carbocycles. The van der Waals surface area contributed by atoms with Crippen LogP contribution in [0.2, 0.25) is 5.02 Å². The molecule has 1 saturated heterocycles. The van der Waals surface area contributed by atoms with Crippen LogP contribution in [-0.2, 0) is 21.0 Å². The van der Waals surface area contributed by atoms with Crippen LogP contribution < -0.4 is 4.90 Å². The molecule has 0 radical (unpaired) electrons. The Kier molecular flexibility index (Phi) is 4.24. The SMILES string of the molecule is CC(=O)N1CCS[C@]12C(=O)N(Cc1ccccc1Cl)c1ccc(C)cc12. The highest BCUT2D eigenvalue weighted by molar-refractivity contribution is 8.01. The van der Waals surface area contributed by atoms with Crippen molar-refractivity contribution in [2.45, 2.75) is 25.3 Å². The van der Waals surface area contributed by atoms with Crippen molar-refractivity contribution in [3.63, 3.8) is 0 Å². The summed E-state index contributed by atoms with van der Waals surface area (Å²) in [7, 11) is 0. The van der Waals surface area contributed by atoms with Gasteiger partial charge in [-0.15, -0.1) is 11.8 Å². The zero-order valence-electron chi connectivity index (χ0n) is 14.7. The zero-order chi connectivity index (χ0) is 18.5. The Labute approximate surface area is 162 Å². The van der Waals surface area contributed by atoms with Gasteiger partial charge in [-0.3, -0.25) is 9.59 Å². The molecule has 134 valence electrons. The van der Waals surface area contributed by atoms with Gasteiger partial charge in [0.1, 0.15) is 0 Å². The summed E-state index contributed by atoms with van der Waals surface area (Å²) in [6.45, 7) is 4.52. The predicted molar refractivity (Wildman–Crippen MR) is 105 cm³/mol. The summed E-state index contributed by atoms with van der Waals surface area (Å²) in [5.41, 5.74) is 3.74. The molecule has 1 atom stereocenters. The second-order valence-corrected chi connectivity index (χ2v) is 8.36. The number of rotatable bonds is 2. The second-order valence-electron chi connectivity index (χ2n) is 6.67. The van der Waals surface area contributed by atoms with Crippen LogP contribution in [-0.4, -0.2) is 29.0 Å². The highest BCUT2D eigenvalue weighted by Crippen LogP contribution is 2.54. The molecule has 2 aromatic rings. The normalized spacial score (nSPS) is 21.6. The van der Waals surface area contributed by atoms with Crippen molar-refractivity contribution in [3.05, 3.63) is 64.2 Å². The molecule has 0 aromatic heterocycles. The van der Waals surface area contributed by atoms with Gasteiger partial charge in [0.2, 0.25) is 5.91 Å². The first-order chi connectivity index (χ1) is 12.4. The predicted octanol–water partition coefficient (Wildman–Crippen LogP) is 3.94. The van der Waals surface area contributed by atoms with Gasteiger partial charge >= 0.3 is 0 Å². The van der Waals surface area contributed by atoms with E-state index in [2.05, 4.69) is 0 Å². The van der Waals surface area contributed by atoms with Crippen LogP contribution in [0.25, 0.3) is 0 Å². The maximum Gasteiger partial charge on any atom is 0.268 e. The van der Waals surface area contributed by atoms with Gasteiger partial charge in [0.15, 0.2) is 4.87 Å². The van der Waals surface area contributed by atoms with Crippen molar-refractivity contribution in [3.8, 4) is 0 Å². The molecule has 2 aliphatic heterocycles. The first-order valence-electron chi connectivity index (χ1n) is 8.54. The Bertz CT molecular complexity index is 916. The molecule has 0 aliphatic carbocycles. The molecule has 0 unspecified atom stereocenters. The number of aryl methyl sites for hydroxylation is 1. The molecule has 2 aliphatic rings. The Morgan fingerprint density at radius 2 is 2.04 bits per heavy atom. The summed E-state index contributed by atoms with van der Waals surface area (Å²) in [4.78, 5) is 28.4. The number of carbonyl (C=O) groups is 2. The largest absolute Gasteiger partial charge is 0.315 e. The number of fused-ring (bicyclic) bond motifs is 2. The zero-order valence-corrected chi connectivity index (χ0v) is 16.2. The monoisotopic (exact) mass is 386 g/mol. The molecule has 26 heavy (non-hydrogen) atoms. The van der Waals surface area contributed by atoms with Crippen LogP contribution in [0, 0.1) is 6.92 Å². The fourth-order valence-corrected chi connectivity index (χ4v) is 5.51. The number of hydrogen-bond donors (Lipinski definition) is 0. The molecule has 0 N–H and O–H groups in total. The van der Waals surface area contributed by atoms with Crippen molar-refractivity contribution >= 4 is 40.9 Å². The molecule has 0 saturated carbocycles. The third kappa shape index (κ3) is 2.45. The van der Waals surface area contributed by atoms with Crippen molar-refractivity contribution in [2.75, 3.05) is 17.2 Å². The Morgan fingerprint density at radius 1 is 1.27 bits per heavy atom. The molecule has 1 fully saturated rings. The number of hydrogen-bond acceptors (Lipinski definition) is 3. The molecule has 0 bridgehead atoms. The van der Waals surface area contributed by atoms with Gasteiger partial charge in [-0.2, -0.15) is 0 Å². The average molecular weight is 387 g/mol. The third-order valence-electron chi connectivity index (χ3n) is 5.02. The highest BCUT2D eigenvalue weighted by atomic mass is 35.5. The van der Waals surface area contributed by atoms with E-state index in [0.717, 1.165) is 28.1 Å². The summed E-state index contributed by atoms with van der Waals surface area (Å²) in [6, 6.07) is 13.6. The lowest BCUT2D eigenvalue weighted by molar-refractivity contribution is -0.138. The first-order valence-corrected chi connectivity index (χ1v) is 9.90. The van der Waals surface area contributed by atoms with Crippen LogP contribution in [0.1, 0.15) is 23.6 Å². The maximum absolute atomic E-state index is 13.6. The van der Waals surface area contributed by atoms with Gasteiger partial charge in [0, 0.05) is 29.8 Å². The van der Waals surface area contributed by atoms with E-state index in [1.54, 1.807) is 21.6 Å². The number of anilines is 1. The van der Waals surface area contributed by atoms with Crippen LogP contribution in [0.4, 0.5) is 5.69 Å². The summed E-state index contributed by atoms with van der Waals surface area (Å²) in [6.07, 6.45) is 0. The van der Waals surface area contributed by atoms with Gasteiger partial charge < -0.3 is 9.80 Å². The minimum Gasteiger partial charge on any atom is -0.315 e. The van der Waals surface area contributed by atoms with Crippen molar-refractivity contribution < 1.29 is 9.59 Å². The third-order valence-corrected chi connectivity index (χ3v) is 6.80. The summed E-state index contributed by atoms with van der Waals surface area (Å²) >= 11 is 7.87. The Morgan fingerprint density at radius 3 is 2.77 bits per heavy atom. The van der Waals surface area contributed by atoms with Crippen LogP contribution in [0.5, 0.6) is 0 Å². The number of nitrogens with zero attached hydrogens (tertiary/aromatic N) is 2. The number of thioether (sulfide) groups is 1. The molecule has 2 heterocycles. The minimum atomic E-state index is -0.950. The van der Waals surface area contributed by atoms with E-state index in [4.69, 9.17) is 11.6 Å². The minimum absolute atomic E-state index is 0.0595. The number of carbonyl (C=O) groups excluding carboxylic acids is 2. The van der Waals surface area contributed by atoms with Crippen LogP contribution in [0.3, 0.4) is 0 Å². The fraction of sp³-hybridized carbons (Fsp3) is 0.300. The lowest BCUT2D eigenvalue weighted by Crippen LogP contribution is -2.49. The van der Waals surface area contributed by atoms with Crippen molar-refractivity contribution in [1.29, 1.82) is 0 Å². The Balaban J connectivity index is 1.85. The second kappa shape index (κ2) is 6.32. The van der Waals surface area contributed by atoms with Crippen LogP contribution in [0.15, 0.2) is 42.5 Å². The number of benzene rings is 2. The first kappa shape index (κ1) is 17.4.